The summed E-state index contributed by atoms with van der Waals surface area (Å²) in [5.74, 6) is -0.281. The van der Waals surface area contributed by atoms with Gasteiger partial charge in [0.05, 0.1) is 37.7 Å². The third-order valence-corrected chi connectivity index (χ3v) is 5.97. The molecule has 0 saturated carbocycles. The number of methoxy groups -OCH3 is 1. The molecule has 2 heterocycles. The molecule has 4 aromatic rings. The van der Waals surface area contributed by atoms with Crippen LogP contribution in [0, 0.1) is 23.0 Å². The number of nitriles is 1. The van der Waals surface area contributed by atoms with E-state index in [1.165, 1.54) is 13.2 Å². The zero-order chi connectivity index (χ0) is 25.8. The first kappa shape index (κ1) is 24.2. The molecule has 0 aliphatic carbocycles. The standard InChI is InChI=1S/C27H23F2N5O3/c1-35-25-13-18(3-7-24(25)37-16-17-2-4-20(28)21(29)12-17)32-22-5-6-23-27(19(22)14-30)33-26(15-31-23)34-8-10-36-11-9-34/h2-7,12-13,15,32H,8-11,16H2,1H3. The van der Waals surface area contributed by atoms with Crippen molar-refractivity contribution in [3.8, 4) is 17.6 Å². The predicted molar refractivity (Wildman–Crippen MR) is 134 cm³/mol. The second-order valence-corrected chi connectivity index (χ2v) is 8.32. The number of rotatable bonds is 7. The molecule has 1 aliphatic heterocycles. The van der Waals surface area contributed by atoms with Crippen molar-refractivity contribution in [2.24, 2.45) is 0 Å². The molecule has 8 nitrogen and oxygen atoms in total. The van der Waals surface area contributed by atoms with Crippen molar-refractivity contribution < 1.29 is 23.0 Å². The monoisotopic (exact) mass is 503 g/mol. The topological polar surface area (TPSA) is 92.5 Å². The van der Waals surface area contributed by atoms with Crippen LogP contribution in [0.25, 0.3) is 11.0 Å². The van der Waals surface area contributed by atoms with Gasteiger partial charge >= 0.3 is 0 Å². The van der Waals surface area contributed by atoms with Gasteiger partial charge < -0.3 is 24.4 Å². The number of halogens is 2. The molecule has 1 fully saturated rings. The zero-order valence-corrected chi connectivity index (χ0v) is 20.0. The van der Waals surface area contributed by atoms with Gasteiger partial charge in [-0.3, -0.25) is 4.98 Å². The van der Waals surface area contributed by atoms with E-state index < -0.39 is 11.6 Å². The third-order valence-electron chi connectivity index (χ3n) is 5.97. The number of ether oxygens (including phenoxy) is 3. The molecular weight excluding hydrogens is 480 g/mol. The number of nitrogens with zero attached hydrogens (tertiary/aromatic N) is 4. The molecule has 1 saturated heterocycles. The summed E-state index contributed by atoms with van der Waals surface area (Å²) in [6.45, 7) is 2.70. The molecule has 1 aromatic heterocycles. The summed E-state index contributed by atoms with van der Waals surface area (Å²) in [5.41, 5.74) is 3.21. The van der Waals surface area contributed by atoms with E-state index in [2.05, 4.69) is 21.3 Å². The van der Waals surface area contributed by atoms with Crippen LogP contribution in [0.2, 0.25) is 0 Å². The Morgan fingerprint density at radius 3 is 2.65 bits per heavy atom. The van der Waals surface area contributed by atoms with Crippen molar-refractivity contribution in [1.29, 1.82) is 5.26 Å². The normalized spacial score (nSPS) is 13.3. The first-order valence-corrected chi connectivity index (χ1v) is 11.6. The fourth-order valence-electron chi connectivity index (χ4n) is 4.04. The Bertz CT molecular complexity index is 1490. The van der Waals surface area contributed by atoms with Gasteiger partial charge in [0.1, 0.15) is 29.6 Å². The zero-order valence-electron chi connectivity index (χ0n) is 20.0. The minimum Gasteiger partial charge on any atom is -0.493 e. The van der Waals surface area contributed by atoms with Gasteiger partial charge in [-0.25, -0.2) is 13.8 Å². The van der Waals surface area contributed by atoms with Crippen LogP contribution in [0.4, 0.5) is 26.0 Å². The van der Waals surface area contributed by atoms with Crippen LogP contribution in [0.5, 0.6) is 11.5 Å². The number of anilines is 3. The molecule has 0 spiro atoms. The highest BCUT2D eigenvalue weighted by atomic mass is 19.2. The maximum atomic E-state index is 13.5. The lowest BCUT2D eigenvalue weighted by atomic mass is 10.1. The average molecular weight is 504 g/mol. The summed E-state index contributed by atoms with van der Waals surface area (Å²) < 4.78 is 43.3. The van der Waals surface area contributed by atoms with Gasteiger partial charge in [0.25, 0.3) is 0 Å². The van der Waals surface area contributed by atoms with Crippen LogP contribution < -0.4 is 19.7 Å². The van der Waals surface area contributed by atoms with Gasteiger partial charge in [-0.2, -0.15) is 5.26 Å². The maximum Gasteiger partial charge on any atom is 0.162 e. The van der Waals surface area contributed by atoms with Crippen molar-refractivity contribution in [1.82, 2.24) is 9.97 Å². The van der Waals surface area contributed by atoms with Gasteiger partial charge in [-0.15, -0.1) is 0 Å². The van der Waals surface area contributed by atoms with E-state index in [1.54, 1.807) is 30.5 Å². The van der Waals surface area contributed by atoms with Gasteiger partial charge in [-0.1, -0.05) is 6.07 Å². The van der Waals surface area contributed by atoms with Crippen molar-refractivity contribution in [3.63, 3.8) is 0 Å². The number of aromatic nitrogens is 2. The Kier molecular flexibility index (Phi) is 6.96. The molecule has 1 N–H and O–H groups in total. The molecule has 188 valence electrons. The predicted octanol–water partition coefficient (Wildman–Crippen LogP) is 4.95. The third kappa shape index (κ3) is 5.22. The second kappa shape index (κ2) is 10.6. The molecular formula is C27H23F2N5O3. The van der Waals surface area contributed by atoms with Crippen LogP contribution in [0.3, 0.4) is 0 Å². The molecule has 0 bridgehead atoms. The average Bonchev–Trinajstić information content (AvgIpc) is 2.94. The summed E-state index contributed by atoms with van der Waals surface area (Å²) in [7, 11) is 1.50. The number of fused-ring (bicyclic) bond motifs is 1. The number of morpholine rings is 1. The molecule has 0 atom stereocenters. The Labute approximate surface area is 212 Å². The van der Waals surface area contributed by atoms with E-state index in [0.29, 0.717) is 77.2 Å². The quantitative estimate of drug-likeness (QED) is 0.379. The lowest BCUT2D eigenvalue weighted by molar-refractivity contribution is 0.122. The number of hydrogen-bond donors (Lipinski definition) is 1. The first-order valence-electron chi connectivity index (χ1n) is 11.6. The lowest BCUT2D eigenvalue weighted by Crippen LogP contribution is -2.36. The van der Waals surface area contributed by atoms with Gasteiger partial charge in [0.2, 0.25) is 0 Å². The first-order chi connectivity index (χ1) is 18.1. The number of hydrogen-bond acceptors (Lipinski definition) is 8. The fourth-order valence-corrected chi connectivity index (χ4v) is 4.04. The summed E-state index contributed by atoms with van der Waals surface area (Å²) in [5, 5.41) is 13.2. The molecule has 0 amide bonds. The number of nitrogens with one attached hydrogen (secondary N) is 1. The number of benzene rings is 3. The van der Waals surface area contributed by atoms with E-state index in [-0.39, 0.29) is 6.61 Å². The van der Waals surface area contributed by atoms with Gasteiger partial charge in [0.15, 0.2) is 23.1 Å². The van der Waals surface area contributed by atoms with Crippen LogP contribution in [-0.2, 0) is 11.3 Å². The van der Waals surface area contributed by atoms with E-state index in [0.717, 1.165) is 12.1 Å². The molecule has 37 heavy (non-hydrogen) atoms. The molecule has 3 aromatic carbocycles. The Morgan fingerprint density at radius 1 is 1.05 bits per heavy atom. The lowest BCUT2D eigenvalue weighted by Gasteiger charge is -2.27. The summed E-state index contributed by atoms with van der Waals surface area (Å²) in [6.07, 6.45) is 1.71. The van der Waals surface area contributed by atoms with Crippen molar-refractivity contribution in [2.45, 2.75) is 6.61 Å². The minimum atomic E-state index is -0.932. The van der Waals surface area contributed by atoms with Crippen LogP contribution in [0.15, 0.2) is 54.7 Å². The summed E-state index contributed by atoms with van der Waals surface area (Å²) in [6, 6.07) is 14.6. The smallest absolute Gasteiger partial charge is 0.162 e. The van der Waals surface area contributed by atoms with Gasteiger partial charge in [-0.05, 0) is 42.0 Å². The van der Waals surface area contributed by atoms with Crippen molar-refractivity contribution >= 4 is 28.2 Å². The van der Waals surface area contributed by atoms with Gasteiger partial charge in [0, 0.05) is 24.8 Å². The van der Waals surface area contributed by atoms with E-state index in [1.807, 2.05) is 6.07 Å². The van der Waals surface area contributed by atoms with E-state index >= 15 is 0 Å². The molecule has 10 heteroatoms. The Balaban J connectivity index is 1.38. The largest absolute Gasteiger partial charge is 0.493 e. The molecule has 5 rings (SSSR count). The highest BCUT2D eigenvalue weighted by molar-refractivity contribution is 5.89. The fraction of sp³-hybridized carbons (Fsp3) is 0.222. The summed E-state index contributed by atoms with van der Waals surface area (Å²) >= 11 is 0. The Hall–Kier alpha value is -4.49. The van der Waals surface area contributed by atoms with E-state index in [4.69, 9.17) is 19.2 Å². The highest BCUT2D eigenvalue weighted by Crippen LogP contribution is 2.34. The minimum absolute atomic E-state index is 0.0355. The highest BCUT2D eigenvalue weighted by Gasteiger charge is 2.17. The second-order valence-electron chi connectivity index (χ2n) is 8.32. The van der Waals surface area contributed by atoms with Crippen LogP contribution in [0.1, 0.15) is 11.1 Å². The molecule has 1 aliphatic rings. The SMILES string of the molecule is COc1cc(Nc2ccc3ncc(N4CCOCC4)nc3c2C#N)ccc1OCc1ccc(F)c(F)c1. The maximum absolute atomic E-state index is 13.5. The van der Waals surface area contributed by atoms with E-state index in [9.17, 15) is 14.0 Å². The molecule has 0 unspecified atom stereocenters. The van der Waals surface area contributed by atoms with Crippen molar-refractivity contribution in [2.75, 3.05) is 43.6 Å². The van der Waals surface area contributed by atoms with Crippen LogP contribution >= 0.6 is 0 Å². The Morgan fingerprint density at radius 2 is 1.89 bits per heavy atom. The summed E-state index contributed by atoms with van der Waals surface area (Å²) in [4.78, 5) is 11.3. The van der Waals surface area contributed by atoms with Crippen molar-refractivity contribution in [3.05, 3.63) is 77.5 Å². The molecule has 0 radical (unpaired) electrons. The van der Waals surface area contributed by atoms with Crippen LogP contribution in [-0.4, -0.2) is 43.4 Å².